The normalized spacial score (nSPS) is 14.0. The summed E-state index contributed by atoms with van der Waals surface area (Å²) in [5, 5.41) is 12.3. The number of nitrogens with one attached hydrogen (secondary N) is 1. The zero-order valence-electron chi connectivity index (χ0n) is 11.9. The van der Waals surface area contributed by atoms with Gasteiger partial charge in [-0.25, -0.2) is 0 Å². The number of aliphatic carboxylic acids is 1. The topological polar surface area (TPSA) is 49.3 Å². The first-order valence-corrected chi connectivity index (χ1v) is 7.13. The monoisotopic (exact) mass is 263 g/mol. The predicted octanol–water partition coefficient (Wildman–Crippen LogP) is 3.10. The molecule has 0 fully saturated rings. The van der Waals surface area contributed by atoms with Gasteiger partial charge in [0, 0.05) is 0 Å². The predicted molar refractivity (Wildman–Crippen MR) is 78.3 cm³/mol. The molecule has 2 atom stereocenters. The quantitative estimate of drug-likeness (QED) is 0.719. The summed E-state index contributed by atoms with van der Waals surface area (Å²) in [6, 6.07) is 9.91. The molecule has 106 valence electrons. The van der Waals surface area contributed by atoms with Crippen LogP contribution in [-0.2, 0) is 11.2 Å². The average molecular weight is 263 g/mol. The Hall–Kier alpha value is -1.35. The zero-order chi connectivity index (χ0) is 14.1. The summed E-state index contributed by atoms with van der Waals surface area (Å²) in [6.45, 7) is 4.98. The van der Waals surface area contributed by atoms with Crippen LogP contribution in [0.2, 0.25) is 0 Å². The zero-order valence-corrected chi connectivity index (χ0v) is 11.9. The summed E-state index contributed by atoms with van der Waals surface area (Å²) < 4.78 is 0. The van der Waals surface area contributed by atoms with Crippen LogP contribution in [0.15, 0.2) is 30.3 Å². The lowest BCUT2D eigenvalue weighted by molar-refractivity contribution is -0.139. The lowest BCUT2D eigenvalue weighted by Crippen LogP contribution is -2.39. The molecule has 1 rings (SSSR count). The van der Waals surface area contributed by atoms with Gasteiger partial charge in [-0.15, -0.1) is 0 Å². The van der Waals surface area contributed by atoms with Crippen molar-refractivity contribution in [1.82, 2.24) is 5.32 Å². The van der Waals surface area contributed by atoms with E-state index in [-0.39, 0.29) is 0 Å². The van der Waals surface area contributed by atoms with Crippen molar-refractivity contribution in [2.24, 2.45) is 5.92 Å². The van der Waals surface area contributed by atoms with E-state index < -0.39 is 12.0 Å². The highest BCUT2D eigenvalue weighted by Crippen LogP contribution is 2.08. The first-order valence-electron chi connectivity index (χ1n) is 7.13. The minimum Gasteiger partial charge on any atom is -0.480 e. The van der Waals surface area contributed by atoms with Crippen molar-refractivity contribution in [2.45, 2.75) is 45.6 Å². The van der Waals surface area contributed by atoms with Crippen molar-refractivity contribution in [3.05, 3.63) is 35.9 Å². The Morgan fingerprint density at radius 3 is 2.58 bits per heavy atom. The number of carboxylic acid groups (broad SMARTS) is 1. The van der Waals surface area contributed by atoms with Crippen LogP contribution in [0.1, 0.15) is 38.7 Å². The lowest BCUT2D eigenvalue weighted by Gasteiger charge is -2.18. The van der Waals surface area contributed by atoms with Gasteiger partial charge in [0.15, 0.2) is 0 Å². The number of benzene rings is 1. The van der Waals surface area contributed by atoms with E-state index in [1.54, 1.807) is 0 Å². The van der Waals surface area contributed by atoms with Crippen LogP contribution in [0.4, 0.5) is 0 Å². The third-order valence-electron chi connectivity index (χ3n) is 3.28. The third kappa shape index (κ3) is 6.39. The Morgan fingerprint density at radius 1 is 1.32 bits per heavy atom. The number of hydrogen-bond acceptors (Lipinski definition) is 2. The molecule has 3 heteroatoms. The Bertz CT molecular complexity index is 364. The van der Waals surface area contributed by atoms with Gasteiger partial charge in [0.05, 0.1) is 0 Å². The maximum atomic E-state index is 11.1. The number of hydrogen-bond donors (Lipinski definition) is 2. The SMILES string of the molecule is CCCC[C@H](NCC(C)Cc1ccccc1)C(=O)O. The molecule has 1 aromatic rings. The van der Waals surface area contributed by atoms with E-state index in [0.29, 0.717) is 12.3 Å². The van der Waals surface area contributed by atoms with Crippen LogP contribution in [-0.4, -0.2) is 23.7 Å². The molecule has 0 amide bonds. The third-order valence-corrected chi connectivity index (χ3v) is 3.28. The molecule has 0 aliphatic carbocycles. The molecule has 0 aliphatic heterocycles. The van der Waals surface area contributed by atoms with Gasteiger partial charge in [0.1, 0.15) is 6.04 Å². The summed E-state index contributed by atoms with van der Waals surface area (Å²) in [7, 11) is 0. The highest BCUT2D eigenvalue weighted by molar-refractivity contribution is 5.73. The smallest absolute Gasteiger partial charge is 0.320 e. The van der Waals surface area contributed by atoms with Crippen molar-refractivity contribution in [3.8, 4) is 0 Å². The van der Waals surface area contributed by atoms with Gasteiger partial charge in [-0.2, -0.15) is 0 Å². The molecular weight excluding hydrogens is 238 g/mol. The van der Waals surface area contributed by atoms with Crippen LogP contribution in [0.5, 0.6) is 0 Å². The fourth-order valence-electron chi connectivity index (χ4n) is 2.15. The van der Waals surface area contributed by atoms with Crippen LogP contribution < -0.4 is 5.32 Å². The second kappa shape index (κ2) is 8.70. The van der Waals surface area contributed by atoms with Gasteiger partial charge < -0.3 is 10.4 Å². The number of unbranched alkanes of at least 4 members (excludes halogenated alkanes) is 1. The van der Waals surface area contributed by atoms with Gasteiger partial charge in [0.25, 0.3) is 0 Å². The minimum atomic E-state index is -0.736. The van der Waals surface area contributed by atoms with Crippen LogP contribution >= 0.6 is 0 Å². The molecule has 0 bridgehead atoms. The van der Waals surface area contributed by atoms with E-state index in [9.17, 15) is 4.79 Å². The molecule has 0 aromatic heterocycles. The molecule has 1 unspecified atom stereocenters. The fraction of sp³-hybridized carbons (Fsp3) is 0.562. The van der Waals surface area contributed by atoms with Crippen LogP contribution in [0.25, 0.3) is 0 Å². The summed E-state index contributed by atoms with van der Waals surface area (Å²) in [5.74, 6) is -0.300. The van der Waals surface area contributed by atoms with Gasteiger partial charge in [-0.05, 0) is 30.9 Å². The maximum Gasteiger partial charge on any atom is 0.320 e. The molecule has 0 aliphatic rings. The second-order valence-electron chi connectivity index (χ2n) is 5.24. The molecule has 0 spiro atoms. The van der Waals surface area contributed by atoms with Gasteiger partial charge >= 0.3 is 5.97 Å². The molecule has 1 aromatic carbocycles. The number of carboxylic acids is 1. The number of carbonyl (C=O) groups is 1. The van der Waals surface area contributed by atoms with E-state index in [1.807, 2.05) is 18.2 Å². The summed E-state index contributed by atoms with van der Waals surface area (Å²) >= 11 is 0. The Morgan fingerprint density at radius 2 is 2.00 bits per heavy atom. The van der Waals surface area contributed by atoms with Gasteiger partial charge in [-0.3, -0.25) is 4.79 Å². The van der Waals surface area contributed by atoms with E-state index >= 15 is 0 Å². The van der Waals surface area contributed by atoms with Crippen molar-refractivity contribution < 1.29 is 9.90 Å². The maximum absolute atomic E-state index is 11.1. The molecular formula is C16H25NO2. The van der Waals surface area contributed by atoms with Crippen LogP contribution in [0, 0.1) is 5.92 Å². The van der Waals surface area contributed by atoms with E-state index in [1.165, 1.54) is 5.56 Å². The molecule has 19 heavy (non-hydrogen) atoms. The molecule has 0 saturated heterocycles. The second-order valence-corrected chi connectivity index (χ2v) is 5.24. The Balaban J connectivity index is 2.35. The fourth-order valence-corrected chi connectivity index (χ4v) is 2.15. The first-order chi connectivity index (χ1) is 9.13. The average Bonchev–Trinajstić information content (AvgIpc) is 2.39. The highest BCUT2D eigenvalue weighted by atomic mass is 16.4. The van der Waals surface area contributed by atoms with E-state index in [2.05, 4.69) is 31.3 Å². The molecule has 0 saturated carbocycles. The molecule has 3 nitrogen and oxygen atoms in total. The van der Waals surface area contributed by atoms with Crippen molar-refractivity contribution in [3.63, 3.8) is 0 Å². The standard InChI is InChI=1S/C16H25NO2/c1-3-4-10-15(16(18)19)17-12-13(2)11-14-8-6-5-7-9-14/h5-9,13,15,17H,3-4,10-12H2,1-2H3,(H,18,19)/t13?,15-/m0/s1. The largest absolute Gasteiger partial charge is 0.480 e. The van der Waals surface area contributed by atoms with Gasteiger partial charge in [0.2, 0.25) is 0 Å². The molecule has 0 radical (unpaired) electrons. The van der Waals surface area contributed by atoms with Crippen molar-refractivity contribution in [2.75, 3.05) is 6.54 Å². The van der Waals surface area contributed by atoms with Gasteiger partial charge in [-0.1, -0.05) is 57.0 Å². The number of rotatable bonds is 9. The Kier molecular flexibility index (Phi) is 7.19. The lowest BCUT2D eigenvalue weighted by atomic mass is 10.0. The van der Waals surface area contributed by atoms with Crippen molar-refractivity contribution in [1.29, 1.82) is 0 Å². The first kappa shape index (κ1) is 15.7. The minimum absolute atomic E-state index is 0.404. The molecule has 2 N–H and O–H groups in total. The van der Waals surface area contributed by atoms with Crippen molar-refractivity contribution >= 4 is 5.97 Å². The van der Waals surface area contributed by atoms with E-state index in [0.717, 1.165) is 25.8 Å². The summed E-state index contributed by atoms with van der Waals surface area (Å²) in [5.41, 5.74) is 1.30. The summed E-state index contributed by atoms with van der Waals surface area (Å²) in [6.07, 6.45) is 3.68. The summed E-state index contributed by atoms with van der Waals surface area (Å²) in [4.78, 5) is 11.1. The van der Waals surface area contributed by atoms with Crippen LogP contribution in [0.3, 0.4) is 0 Å². The highest BCUT2D eigenvalue weighted by Gasteiger charge is 2.16. The molecule has 0 heterocycles. The van der Waals surface area contributed by atoms with E-state index in [4.69, 9.17) is 5.11 Å². The Labute approximate surface area is 116 Å².